The fourth-order valence-corrected chi connectivity index (χ4v) is 2.19. The molecule has 2 heterocycles. The van der Waals surface area contributed by atoms with E-state index < -0.39 is 29.1 Å². The van der Waals surface area contributed by atoms with Crippen LogP contribution in [0.3, 0.4) is 0 Å². The van der Waals surface area contributed by atoms with Crippen molar-refractivity contribution in [1.82, 2.24) is 15.1 Å². The minimum absolute atomic E-state index is 0.0159. The fourth-order valence-electron chi connectivity index (χ4n) is 2.19. The molecule has 0 aliphatic carbocycles. The Morgan fingerprint density at radius 3 is 2.45 bits per heavy atom. The molecule has 1 aliphatic rings. The van der Waals surface area contributed by atoms with Gasteiger partial charge in [0.25, 0.3) is 5.56 Å². The number of carbonyl (C=O) groups is 1. The Morgan fingerprint density at radius 2 is 1.91 bits per heavy atom. The lowest BCUT2D eigenvalue weighted by Gasteiger charge is -2.31. The van der Waals surface area contributed by atoms with Gasteiger partial charge >= 0.3 is 12.3 Å². The molecule has 0 spiro atoms. The van der Waals surface area contributed by atoms with Crippen molar-refractivity contribution < 1.29 is 22.7 Å². The lowest BCUT2D eigenvalue weighted by Crippen LogP contribution is -2.42. The van der Waals surface area contributed by atoms with Gasteiger partial charge in [-0.3, -0.25) is 4.79 Å². The zero-order valence-corrected chi connectivity index (χ0v) is 12.4. The van der Waals surface area contributed by atoms with E-state index in [9.17, 15) is 22.8 Å². The second kappa shape index (κ2) is 5.29. The summed E-state index contributed by atoms with van der Waals surface area (Å²) in [6.45, 7) is 4.75. The lowest BCUT2D eigenvalue weighted by molar-refractivity contribution is -0.143. The maximum absolute atomic E-state index is 13.0. The zero-order valence-electron chi connectivity index (χ0n) is 12.4. The van der Waals surface area contributed by atoms with Gasteiger partial charge in [-0.2, -0.15) is 18.3 Å². The monoisotopic (exact) mass is 319 g/mol. The maximum atomic E-state index is 13.0. The van der Waals surface area contributed by atoms with Gasteiger partial charge in [-0.1, -0.05) is 0 Å². The van der Waals surface area contributed by atoms with Crippen molar-refractivity contribution >= 4 is 6.09 Å². The lowest BCUT2D eigenvalue weighted by atomic mass is 10.00. The quantitative estimate of drug-likeness (QED) is 0.794. The number of amides is 1. The number of nitrogens with one attached hydrogen (secondary N) is 1. The van der Waals surface area contributed by atoms with E-state index >= 15 is 0 Å². The summed E-state index contributed by atoms with van der Waals surface area (Å²) in [5.74, 6) is 0. The van der Waals surface area contributed by atoms with Gasteiger partial charge in [-0.05, 0) is 27.2 Å². The molecule has 0 unspecified atom stereocenters. The molecule has 9 heteroatoms. The standard InChI is InChI=1S/C13H16F3N3O3/c1-12(2,3)22-11(21)19-5-4-7-8(6-19)9(13(14,15)16)17-18-10(7)20/h4-6H2,1-3H3,(H,18,20). The van der Waals surface area contributed by atoms with Gasteiger partial charge in [0.15, 0.2) is 5.69 Å². The van der Waals surface area contributed by atoms with Crippen molar-refractivity contribution in [3.63, 3.8) is 0 Å². The number of aromatic amines is 1. The number of aromatic nitrogens is 2. The summed E-state index contributed by atoms with van der Waals surface area (Å²) < 4.78 is 44.1. The summed E-state index contributed by atoms with van der Waals surface area (Å²) in [4.78, 5) is 24.8. The molecule has 122 valence electrons. The molecule has 1 aliphatic heterocycles. The Hall–Kier alpha value is -2.06. The minimum Gasteiger partial charge on any atom is -0.444 e. The van der Waals surface area contributed by atoms with Crippen LogP contribution >= 0.6 is 0 Å². The van der Waals surface area contributed by atoms with Crippen LogP contribution in [0.25, 0.3) is 0 Å². The molecule has 1 N–H and O–H groups in total. The Morgan fingerprint density at radius 1 is 1.27 bits per heavy atom. The zero-order chi connectivity index (χ0) is 16.7. The van der Waals surface area contributed by atoms with Crippen molar-refractivity contribution in [3.05, 3.63) is 27.2 Å². The second-order valence-corrected chi connectivity index (χ2v) is 6.01. The molecule has 0 saturated carbocycles. The highest BCUT2D eigenvalue weighted by Gasteiger charge is 2.40. The molecule has 1 aromatic rings. The first-order valence-corrected chi connectivity index (χ1v) is 6.64. The van der Waals surface area contributed by atoms with Crippen molar-refractivity contribution in [1.29, 1.82) is 0 Å². The van der Waals surface area contributed by atoms with Gasteiger partial charge in [0.2, 0.25) is 0 Å². The number of fused-ring (bicyclic) bond motifs is 1. The van der Waals surface area contributed by atoms with Crippen molar-refractivity contribution in [2.75, 3.05) is 6.54 Å². The molecule has 0 fully saturated rings. The molecule has 1 aromatic heterocycles. The highest BCUT2D eigenvalue weighted by Crippen LogP contribution is 2.32. The van der Waals surface area contributed by atoms with E-state index in [1.54, 1.807) is 20.8 Å². The molecule has 0 aromatic carbocycles. The molecule has 1 amide bonds. The smallest absolute Gasteiger partial charge is 0.435 e. The summed E-state index contributed by atoms with van der Waals surface area (Å²) in [5, 5.41) is 4.95. The van der Waals surface area contributed by atoms with Gasteiger partial charge < -0.3 is 9.64 Å². The van der Waals surface area contributed by atoms with Crippen LogP contribution in [-0.2, 0) is 23.9 Å². The summed E-state index contributed by atoms with van der Waals surface area (Å²) in [6.07, 6.45) is -5.40. The van der Waals surface area contributed by atoms with Crippen molar-refractivity contribution in [2.24, 2.45) is 0 Å². The molecule has 2 rings (SSSR count). The Kier molecular flexibility index (Phi) is 3.92. The van der Waals surface area contributed by atoms with Crippen molar-refractivity contribution in [2.45, 2.75) is 45.5 Å². The molecule has 0 radical (unpaired) electrons. The molecule has 0 saturated heterocycles. The Balaban J connectivity index is 2.35. The third-order valence-corrected chi connectivity index (χ3v) is 3.09. The number of alkyl halides is 3. The van der Waals surface area contributed by atoms with Crippen molar-refractivity contribution in [3.8, 4) is 0 Å². The maximum Gasteiger partial charge on any atom is 0.435 e. The number of H-pyrrole nitrogens is 1. The number of halogens is 3. The van der Waals surface area contributed by atoms with Crippen LogP contribution in [0, 0.1) is 0 Å². The van der Waals surface area contributed by atoms with Crippen LogP contribution in [-0.4, -0.2) is 33.3 Å². The van der Waals surface area contributed by atoms with Crippen LogP contribution in [0.1, 0.15) is 37.6 Å². The number of hydrogen-bond acceptors (Lipinski definition) is 4. The van der Waals surface area contributed by atoms with Crippen LogP contribution in [0.5, 0.6) is 0 Å². The van der Waals surface area contributed by atoms with E-state index in [2.05, 4.69) is 5.10 Å². The number of hydrogen-bond donors (Lipinski definition) is 1. The highest BCUT2D eigenvalue weighted by molar-refractivity contribution is 5.68. The number of ether oxygens (including phenoxy) is 1. The predicted molar refractivity (Wildman–Crippen MR) is 70.2 cm³/mol. The summed E-state index contributed by atoms with van der Waals surface area (Å²) in [6, 6.07) is 0. The first-order chi connectivity index (χ1) is 9.99. The number of nitrogens with zero attached hydrogens (tertiary/aromatic N) is 2. The van der Waals surface area contributed by atoms with E-state index in [4.69, 9.17) is 4.74 Å². The van der Waals surface area contributed by atoms with E-state index in [1.807, 2.05) is 5.10 Å². The predicted octanol–water partition coefficient (Wildman–Crippen LogP) is 2.08. The minimum atomic E-state index is -4.70. The van der Waals surface area contributed by atoms with Gasteiger partial charge in [-0.25, -0.2) is 9.89 Å². The molecule has 0 atom stereocenters. The second-order valence-electron chi connectivity index (χ2n) is 6.01. The third kappa shape index (κ3) is 3.40. The SMILES string of the molecule is CC(C)(C)OC(=O)N1CCc2c(c(C(F)(F)F)n[nH]c2=O)C1. The Labute approximate surface area is 124 Å². The van der Waals surface area contributed by atoms with Gasteiger partial charge in [0.1, 0.15) is 5.60 Å². The van der Waals surface area contributed by atoms with Crippen LogP contribution in [0.2, 0.25) is 0 Å². The molecular weight excluding hydrogens is 303 g/mol. The normalized spacial score (nSPS) is 15.5. The molecule has 6 nitrogen and oxygen atoms in total. The average molecular weight is 319 g/mol. The van der Waals surface area contributed by atoms with Crippen LogP contribution in [0.4, 0.5) is 18.0 Å². The van der Waals surface area contributed by atoms with E-state index in [0.29, 0.717) is 0 Å². The van der Waals surface area contributed by atoms with Crippen LogP contribution in [0.15, 0.2) is 4.79 Å². The fraction of sp³-hybridized carbons (Fsp3) is 0.615. The third-order valence-electron chi connectivity index (χ3n) is 3.09. The van der Waals surface area contributed by atoms with E-state index in [1.165, 1.54) is 0 Å². The first kappa shape index (κ1) is 16.3. The number of rotatable bonds is 0. The highest BCUT2D eigenvalue weighted by atomic mass is 19.4. The molecule has 0 bridgehead atoms. The largest absolute Gasteiger partial charge is 0.444 e. The van der Waals surface area contributed by atoms with Gasteiger partial charge in [0.05, 0.1) is 6.54 Å². The van der Waals surface area contributed by atoms with E-state index in [0.717, 1.165) is 4.90 Å². The summed E-state index contributed by atoms with van der Waals surface area (Å²) >= 11 is 0. The first-order valence-electron chi connectivity index (χ1n) is 6.64. The van der Waals surface area contributed by atoms with Gasteiger partial charge in [-0.15, -0.1) is 0 Å². The summed E-state index contributed by atoms with van der Waals surface area (Å²) in [5.41, 5.74) is -2.84. The van der Waals surface area contributed by atoms with Gasteiger partial charge in [0, 0.05) is 17.7 Å². The summed E-state index contributed by atoms with van der Waals surface area (Å²) in [7, 11) is 0. The number of carbonyl (C=O) groups excluding carboxylic acids is 1. The topological polar surface area (TPSA) is 75.3 Å². The van der Waals surface area contributed by atoms with Crippen LogP contribution < -0.4 is 5.56 Å². The Bertz CT molecular complexity index is 647. The average Bonchev–Trinajstić information content (AvgIpc) is 2.35. The van der Waals surface area contributed by atoms with E-state index in [-0.39, 0.29) is 30.6 Å². The molecule has 22 heavy (non-hydrogen) atoms. The molecular formula is C13H16F3N3O3.